The second kappa shape index (κ2) is 9.22. The number of anilines is 1. The first-order valence-corrected chi connectivity index (χ1v) is 10.2. The molecule has 1 aromatic carbocycles. The van der Waals surface area contributed by atoms with Crippen LogP contribution in [0.4, 0.5) is 5.82 Å². The van der Waals surface area contributed by atoms with Gasteiger partial charge in [-0.1, -0.05) is 12.1 Å². The zero-order valence-electron chi connectivity index (χ0n) is 18.0. The summed E-state index contributed by atoms with van der Waals surface area (Å²) in [6.45, 7) is 9.22. The molecule has 1 atom stereocenters. The van der Waals surface area contributed by atoms with Crippen molar-refractivity contribution in [1.29, 1.82) is 0 Å². The highest BCUT2D eigenvalue weighted by molar-refractivity contribution is 5.90. The predicted molar refractivity (Wildman–Crippen MR) is 115 cm³/mol. The number of amides is 1. The number of rotatable bonds is 7. The normalized spacial score (nSPS) is 16.2. The topological polar surface area (TPSA) is 70.6 Å². The first kappa shape index (κ1) is 21.0. The van der Waals surface area contributed by atoms with Gasteiger partial charge in [-0.25, -0.2) is 9.97 Å². The zero-order chi connectivity index (χ0) is 21.0. The number of nitrogens with one attached hydrogen (secondary N) is 1. The van der Waals surface area contributed by atoms with Gasteiger partial charge in [-0.2, -0.15) is 0 Å². The van der Waals surface area contributed by atoms with Crippen LogP contribution >= 0.6 is 0 Å². The second-order valence-electron chi connectivity index (χ2n) is 7.67. The maximum Gasteiger partial charge on any atom is 0.291 e. The summed E-state index contributed by atoms with van der Waals surface area (Å²) in [4.78, 5) is 25.1. The van der Waals surface area contributed by atoms with Crippen molar-refractivity contribution in [2.24, 2.45) is 0 Å². The van der Waals surface area contributed by atoms with E-state index < -0.39 is 0 Å². The predicted octanol–water partition coefficient (Wildman–Crippen LogP) is 2.56. The number of carbonyl (C=O) groups is 1. The largest absolute Gasteiger partial charge is 0.494 e. The van der Waals surface area contributed by atoms with Gasteiger partial charge in [0, 0.05) is 51.0 Å². The molecule has 1 aromatic heterocycles. The molecule has 1 aliphatic heterocycles. The standard InChI is InChI=1S/C22H31N5O2/c1-6-29-19-9-7-17(8-10-19)13-23-18-11-12-27(14-18)21-15(2)16(3)24-20(25-21)22(28)26(4)5/h7-10,18,23H,6,11-14H2,1-5H3/t18-/m1/s1. The minimum atomic E-state index is -0.168. The van der Waals surface area contributed by atoms with Crippen LogP contribution in [-0.2, 0) is 6.54 Å². The summed E-state index contributed by atoms with van der Waals surface area (Å²) in [5, 5.41) is 3.64. The quantitative estimate of drug-likeness (QED) is 0.774. The summed E-state index contributed by atoms with van der Waals surface area (Å²) >= 11 is 0. The average Bonchev–Trinajstić information content (AvgIpc) is 3.18. The Morgan fingerprint density at radius 3 is 2.62 bits per heavy atom. The van der Waals surface area contributed by atoms with Crippen LogP contribution in [0.3, 0.4) is 0 Å². The van der Waals surface area contributed by atoms with Gasteiger partial charge in [0.25, 0.3) is 5.91 Å². The fourth-order valence-electron chi connectivity index (χ4n) is 3.47. The monoisotopic (exact) mass is 397 g/mol. The van der Waals surface area contributed by atoms with Gasteiger partial charge in [0.15, 0.2) is 0 Å². The molecule has 0 aliphatic carbocycles. The lowest BCUT2D eigenvalue weighted by Crippen LogP contribution is -2.33. The molecule has 0 unspecified atom stereocenters. The van der Waals surface area contributed by atoms with Crippen LogP contribution < -0.4 is 15.0 Å². The maximum absolute atomic E-state index is 12.3. The summed E-state index contributed by atoms with van der Waals surface area (Å²) in [6, 6.07) is 8.60. The smallest absolute Gasteiger partial charge is 0.291 e. The SMILES string of the molecule is CCOc1ccc(CN[C@@H]2CCN(c3nc(C(=O)N(C)C)nc(C)c3C)C2)cc1. The van der Waals surface area contributed by atoms with Crippen LogP contribution in [-0.4, -0.2) is 60.6 Å². The summed E-state index contributed by atoms with van der Waals surface area (Å²) < 4.78 is 5.50. The van der Waals surface area contributed by atoms with Crippen molar-refractivity contribution in [3.05, 3.63) is 46.9 Å². The minimum Gasteiger partial charge on any atom is -0.494 e. The van der Waals surface area contributed by atoms with Crippen molar-refractivity contribution in [2.75, 3.05) is 38.7 Å². The summed E-state index contributed by atoms with van der Waals surface area (Å²) in [5.74, 6) is 1.87. The van der Waals surface area contributed by atoms with Gasteiger partial charge in [0.05, 0.1) is 6.61 Å². The summed E-state index contributed by atoms with van der Waals surface area (Å²) in [5.41, 5.74) is 3.12. The molecule has 7 heteroatoms. The average molecular weight is 398 g/mol. The van der Waals surface area contributed by atoms with Crippen LogP contribution in [0.25, 0.3) is 0 Å². The molecule has 29 heavy (non-hydrogen) atoms. The maximum atomic E-state index is 12.3. The van der Waals surface area contributed by atoms with Gasteiger partial charge >= 0.3 is 0 Å². The summed E-state index contributed by atoms with van der Waals surface area (Å²) in [6.07, 6.45) is 1.04. The molecule has 0 bridgehead atoms. The Bertz CT molecular complexity index is 851. The first-order chi connectivity index (χ1) is 13.9. The number of hydrogen-bond donors (Lipinski definition) is 1. The molecule has 0 spiro atoms. The van der Waals surface area contributed by atoms with Gasteiger partial charge < -0.3 is 19.9 Å². The molecular weight excluding hydrogens is 366 g/mol. The molecule has 2 aromatic rings. The van der Waals surface area contributed by atoms with E-state index in [1.54, 1.807) is 14.1 Å². The molecule has 0 saturated carbocycles. The number of ether oxygens (including phenoxy) is 1. The molecule has 7 nitrogen and oxygen atoms in total. The van der Waals surface area contributed by atoms with E-state index >= 15 is 0 Å². The van der Waals surface area contributed by atoms with E-state index in [2.05, 4.69) is 32.3 Å². The van der Waals surface area contributed by atoms with E-state index in [9.17, 15) is 4.79 Å². The molecule has 156 valence electrons. The Morgan fingerprint density at radius 2 is 1.97 bits per heavy atom. The van der Waals surface area contributed by atoms with Crippen molar-refractivity contribution in [3.63, 3.8) is 0 Å². The molecular formula is C22H31N5O2. The van der Waals surface area contributed by atoms with Gasteiger partial charge in [-0.15, -0.1) is 0 Å². The molecule has 2 heterocycles. The van der Waals surface area contributed by atoms with E-state index in [1.165, 1.54) is 10.5 Å². The van der Waals surface area contributed by atoms with E-state index in [4.69, 9.17) is 4.74 Å². The molecule has 3 rings (SSSR count). The fourth-order valence-corrected chi connectivity index (χ4v) is 3.47. The molecule has 1 amide bonds. The third-order valence-corrected chi connectivity index (χ3v) is 5.28. The van der Waals surface area contributed by atoms with Crippen molar-refractivity contribution in [1.82, 2.24) is 20.2 Å². The third kappa shape index (κ3) is 5.03. The van der Waals surface area contributed by atoms with E-state index in [1.807, 2.05) is 32.9 Å². The Morgan fingerprint density at radius 1 is 1.24 bits per heavy atom. The van der Waals surface area contributed by atoms with Gasteiger partial charge in [0.2, 0.25) is 5.82 Å². The zero-order valence-corrected chi connectivity index (χ0v) is 18.0. The van der Waals surface area contributed by atoms with Crippen LogP contribution in [0.15, 0.2) is 24.3 Å². The number of hydrogen-bond acceptors (Lipinski definition) is 6. The van der Waals surface area contributed by atoms with E-state index in [0.717, 1.165) is 48.9 Å². The van der Waals surface area contributed by atoms with Crippen LogP contribution in [0.1, 0.15) is 40.8 Å². The highest BCUT2D eigenvalue weighted by atomic mass is 16.5. The molecule has 1 fully saturated rings. The first-order valence-electron chi connectivity index (χ1n) is 10.2. The van der Waals surface area contributed by atoms with Crippen LogP contribution in [0, 0.1) is 13.8 Å². The molecule has 0 radical (unpaired) electrons. The van der Waals surface area contributed by atoms with Crippen molar-refractivity contribution in [2.45, 2.75) is 39.8 Å². The summed E-state index contributed by atoms with van der Waals surface area (Å²) in [7, 11) is 3.44. The number of aromatic nitrogens is 2. The Labute approximate surface area is 173 Å². The number of carbonyl (C=O) groups excluding carboxylic acids is 1. The van der Waals surface area contributed by atoms with Gasteiger partial charge in [-0.05, 0) is 44.9 Å². The van der Waals surface area contributed by atoms with Crippen molar-refractivity contribution in [3.8, 4) is 5.75 Å². The van der Waals surface area contributed by atoms with Gasteiger partial charge in [-0.3, -0.25) is 4.79 Å². The lowest BCUT2D eigenvalue weighted by atomic mass is 10.2. The number of aryl methyl sites for hydroxylation is 1. The number of nitrogens with zero attached hydrogens (tertiary/aromatic N) is 4. The fraction of sp³-hybridized carbons (Fsp3) is 0.500. The van der Waals surface area contributed by atoms with E-state index in [-0.39, 0.29) is 11.7 Å². The lowest BCUT2D eigenvalue weighted by molar-refractivity contribution is 0.0815. The van der Waals surface area contributed by atoms with E-state index in [0.29, 0.717) is 12.6 Å². The Hall–Kier alpha value is -2.67. The lowest BCUT2D eigenvalue weighted by Gasteiger charge is -2.22. The highest BCUT2D eigenvalue weighted by Crippen LogP contribution is 2.24. The van der Waals surface area contributed by atoms with Gasteiger partial charge in [0.1, 0.15) is 11.6 Å². The Balaban J connectivity index is 1.63. The second-order valence-corrected chi connectivity index (χ2v) is 7.67. The van der Waals surface area contributed by atoms with Crippen molar-refractivity contribution < 1.29 is 9.53 Å². The molecule has 1 N–H and O–H groups in total. The van der Waals surface area contributed by atoms with Crippen LogP contribution in [0.5, 0.6) is 5.75 Å². The third-order valence-electron chi connectivity index (χ3n) is 5.28. The Kier molecular flexibility index (Phi) is 6.69. The van der Waals surface area contributed by atoms with Crippen molar-refractivity contribution >= 4 is 11.7 Å². The van der Waals surface area contributed by atoms with Crippen LogP contribution in [0.2, 0.25) is 0 Å². The highest BCUT2D eigenvalue weighted by Gasteiger charge is 2.26. The molecule has 1 aliphatic rings. The number of benzene rings is 1. The molecule has 1 saturated heterocycles. The minimum absolute atomic E-state index is 0.168.